The highest BCUT2D eigenvalue weighted by Crippen LogP contribution is 2.39. The number of hydrogen-bond acceptors (Lipinski definition) is 2. The van der Waals surface area contributed by atoms with Crippen LogP contribution in [0.5, 0.6) is 0 Å². The Kier molecular flexibility index (Phi) is 1.87. The standard InChI is InChI=1S/C11H17N3/c1-13-9-3-4-10(13)8-11(7-9)14-6-2-5-12-14/h2,5-6,9-11H,3-4,7-8H2,1H3. The minimum atomic E-state index is 0.652. The number of fused-ring (bicyclic) bond motifs is 2. The first-order valence-corrected chi connectivity index (χ1v) is 5.55. The topological polar surface area (TPSA) is 21.1 Å². The Bertz CT molecular complexity index is 292. The first-order valence-electron chi connectivity index (χ1n) is 5.55. The molecule has 2 fully saturated rings. The lowest BCUT2D eigenvalue weighted by atomic mass is 9.98. The molecule has 1 aromatic heterocycles. The van der Waals surface area contributed by atoms with Gasteiger partial charge in [0.05, 0.1) is 6.04 Å². The third-order valence-electron chi connectivity index (χ3n) is 3.97. The molecule has 0 amide bonds. The van der Waals surface area contributed by atoms with Crippen LogP contribution < -0.4 is 0 Å². The normalized spacial score (nSPS) is 37.6. The Hall–Kier alpha value is -0.830. The number of nitrogens with zero attached hydrogens (tertiary/aromatic N) is 3. The molecule has 2 aliphatic rings. The van der Waals surface area contributed by atoms with Crippen LogP contribution in [0.25, 0.3) is 0 Å². The van der Waals surface area contributed by atoms with E-state index in [9.17, 15) is 0 Å². The molecule has 14 heavy (non-hydrogen) atoms. The number of aromatic nitrogens is 2. The van der Waals surface area contributed by atoms with Crippen LogP contribution in [-0.2, 0) is 0 Å². The van der Waals surface area contributed by atoms with Crippen molar-refractivity contribution >= 4 is 0 Å². The second kappa shape index (κ2) is 3.09. The molecule has 0 radical (unpaired) electrons. The zero-order valence-corrected chi connectivity index (χ0v) is 8.63. The molecule has 0 saturated carbocycles. The third-order valence-corrected chi connectivity index (χ3v) is 3.97. The van der Waals surface area contributed by atoms with Crippen LogP contribution >= 0.6 is 0 Å². The van der Waals surface area contributed by atoms with Crippen molar-refractivity contribution in [2.24, 2.45) is 0 Å². The highest BCUT2D eigenvalue weighted by Gasteiger charge is 2.38. The highest BCUT2D eigenvalue weighted by molar-refractivity contribution is 4.96. The quantitative estimate of drug-likeness (QED) is 0.673. The number of hydrogen-bond donors (Lipinski definition) is 0. The summed E-state index contributed by atoms with van der Waals surface area (Å²) in [6.07, 6.45) is 9.34. The molecule has 2 atom stereocenters. The average Bonchev–Trinajstić information content (AvgIpc) is 2.75. The van der Waals surface area contributed by atoms with Crippen LogP contribution in [0.3, 0.4) is 0 Å². The maximum absolute atomic E-state index is 4.36. The minimum absolute atomic E-state index is 0.652. The Morgan fingerprint density at radius 1 is 1.14 bits per heavy atom. The summed E-state index contributed by atoms with van der Waals surface area (Å²) in [5.74, 6) is 0. The molecule has 3 heterocycles. The molecule has 3 heteroatoms. The third kappa shape index (κ3) is 1.19. The van der Waals surface area contributed by atoms with E-state index in [-0.39, 0.29) is 0 Å². The van der Waals surface area contributed by atoms with Gasteiger partial charge in [0.15, 0.2) is 0 Å². The zero-order chi connectivity index (χ0) is 9.54. The van der Waals surface area contributed by atoms with Gasteiger partial charge in [-0.3, -0.25) is 4.68 Å². The second-order valence-electron chi connectivity index (χ2n) is 4.66. The molecule has 0 spiro atoms. The molecule has 2 bridgehead atoms. The van der Waals surface area contributed by atoms with Crippen LogP contribution in [0, 0.1) is 0 Å². The molecule has 0 N–H and O–H groups in total. The van der Waals surface area contributed by atoms with Gasteiger partial charge in [0.2, 0.25) is 0 Å². The Morgan fingerprint density at radius 3 is 2.43 bits per heavy atom. The van der Waals surface area contributed by atoms with E-state index >= 15 is 0 Å². The van der Waals surface area contributed by atoms with Crippen LogP contribution in [0.4, 0.5) is 0 Å². The van der Waals surface area contributed by atoms with Gasteiger partial charge in [0.25, 0.3) is 0 Å². The largest absolute Gasteiger partial charge is 0.300 e. The summed E-state index contributed by atoms with van der Waals surface area (Å²) < 4.78 is 2.15. The fourth-order valence-electron chi connectivity index (χ4n) is 3.10. The second-order valence-corrected chi connectivity index (χ2v) is 4.66. The van der Waals surface area contributed by atoms with Crippen molar-refractivity contribution in [2.45, 2.75) is 43.8 Å². The molecule has 0 aliphatic carbocycles. The summed E-state index contributed by atoms with van der Waals surface area (Å²) >= 11 is 0. The molecular weight excluding hydrogens is 174 g/mol. The molecular formula is C11H17N3. The van der Waals surface area contributed by atoms with E-state index in [4.69, 9.17) is 0 Å². The summed E-state index contributed by atoms with van der Waals surface area (Å²) in [7, 11) is 2.28. The van der Waals surface area contributed by atoms with E-state index in [1.54, 1.807) is 0 Å². The van der Waals surface area contributed by atoms with E-state index in [1.807, 2.05) is 12.3 Å². The SMILES string of the molecule is CN1C2CCC1CC(n1cccn1)C2. The predicted octanol–water partition coefficient (Wildman–Crippen LogP) is 1.68. The van der Waals surface area contributed by atoms with Gasteiger partial charge in [0, 0.05) is 24.5 Å². The number of piperidine rings is 1. The Labute approximate surface area is 84.7 Å². The van der Waals surface area contributed by atoms with E-state index in [0.29, 0.717) is 6.04 Å². The van der Waals surface area contributed by atoms with E-state index in [0.717, 1.165) is 12.1 Å². The molecule has 76 valence electrons. The monoisotopic (exact) mass is 191 g/mol. The van der Waals surface area contributed by atoms with Crippen LogP contribution in [-0.4, -0.2) is 33.8 Å². The molecule has 2 aliphatic heterocycles. The number of rotatable bonds is 1. The summed E-state index contributed by atoms with van der Waals surface area (Å²) in [6.45, 7) is 0. The van der Waals surface area contributed by atoms with Crippen molar-refractivity contribution in [1.29, 1.82) is 0 Å². The summed E-state index contributed by atoms with van der Waals surface area (Å²) in [5, 5.41) is 4.36. The van der Waals surface area contributed by atoms with Gasteiger partial charge in [0.1, 0.15) is 0 Å². The fraction of sp³-hybridized carbons (Fsp3) is 0.727. The maximum Gasteiger partial charge on any atom is 0.0549 e. The first kappa shape index (κ1) is 8.48. The highest BCUT2D eigenvalue weighted by atomic mass is 15.3. The Balaban J connectivity index is 1.80. The van der Waals surface area contributed by atoms with Crippen molar-refractivity contribution in [2.75, 3.05) is 7.05 Å². The average molecular weight is 191 g/mol. The smallest absolute Gasteiger partial charge is 0.0549 e. The lowest BCUT2D eigenvalue weighted by Crippen LogP contribution is -2.40. The zero-order valence-electron chi connectivity index (χ0n) is 8.63. The van der Waals surface area contributed by atoms with Gasteiger partial charge in [-0.15, -0.1) is 0 Å². The van der Waals surface area contributed by atoms with Gasteiger partial charge in [-0.2, -0.15) is 5.10 Å². The molecule has 2 unspecified atom stereocenters. The van der Waals surface area contributed by atoms with Crippen LogP contribution in [0.2, 0.25) is 0 Å². The molecule has 1 aromatic rings. The maximum atomic E-state index is 4.36. The van der Waals surface area contributed by atoms with Crippen LogP contribution in [0.15, 0.2) is 18.5 Å². The lowest BCUT2D eigenvalue weighted by Gasteiger charge is -2.36. The van der Waals surface area contributed by atoms with Crippen molar-refractivity contribution in [3.63, 3.8) is 0 Å². The fourth-order valence-corrected chi connectivity index (χ4v) is 3.10. The van der Waals surface area contributed by atoms with Crippen molar-refractivity contribution < 1.29 is 0 Å². The van der Waals surface area contributed by atoms with Gasteiger partial charge in [-0.1, -0.05) is 0 Å². The summed E-state index contributed by atoms with van der Waals surface area (Å²) in [6, 6.07) is 4.30. The van der Waals surface area contributed by atoms with Crippen molar-refractivity contribution in [3.8, 4) is 0 Å². The predicted molar refractivity (Wildman–Crippen MR) is 55.1 cm³/mol. The van der Waals surface area contributed by atoms with Crippen molar-refractivity contribution in [1.82, 2.24) is 14.7 Å². The Morgan fingerprint density at radius 2 is 1.86 bits per heavy atom. The van der Waals surface area contributed by atoms with Crippen LogP contribution in [0.1, 0.15) is 31.7 Å². The van der Waals surface area contributed by atoms with Gasteiger partial charge < -0.3 is 4.90 Å². The molecule has 0 aromatic carbocycles. The minimum Gasteiger partial charge on any atom is -0.300 e. The van der Waals surface area contributed by atoms with Gasteiger partial charge in [-0.05, 0) is 38.8 Å². The van der Waals surface area contributed by atoms with E-state index in [2.05, 4.69) is 27.9 Å². The molecule has 2 saturated heterocycles. The van der Waals surface area contributed by atoms with Gasteiger partial charge >= 0.3 is 0 Å². The molecule has 3 rings (SSSR count). The van der Waals surface area contributed by atoms with E-state index < -0.39 is 0 Å². The first-order chi connectivity index (χ1) is 6.84. The lowest BCUT2D eigenvalue weighted by molar-refractivity contribution is 0.131. The summed E-state index contributed by atoms with van der Waals surface area (Å²) in [5.41, 5.74) is 0. The van der Waals surface area contributed by atoms with E-state index in [1.165, 1.54) is 25.7 Å². The molecule has 3 nitrogen and oxygen atoms in total. The van der Waals surface area contributed by atoms with Gasteiger partial charge in [-0.25, -0.2) is 0 Å². The summed E-state index contributed by atoms with van der Waals surface area (Å²) in [4.78, 5) is 2.57. The van der Waals surface area contributed by atoms with Crippen molar-refractivity contribution in [3.05, 3.63) is 18.5 Å².